The first-order valence-electron chi connectivity index (χ1n) is 11.2. The standard InChI is InChI=1S/C23H35N3O3/c1-24-23(25-16-19-11-15-28-22(19)18-6-3-2-4-7-18)26-12-9-20(10-13-26)29-17-21-8-5-14-27-21/h2-4,6-7,19-22H,5,8-17H2,1H3,(H,24,25). The number of benzene rings is 1. The Kier molecular flexibility index (Phi) is 7.41. The van der Waals surface area contributed by atoms with Gasteiger partial charge in [-0.3, -0.25) is 4.99 Å². The van der Waals surface area contributed by atoms with Crippen molar-refractivity contribution in [1.82, 2.24) is 10.2 Å². The molecular weight excluding hydrogens is 366 g/mol. The molecule has 0 bridgehead atoms. The van der Waals surface area contributed by atoms with Crippen molar-refractivity contribution in [2.75, 3.05) is 46.5 Å². The molecule has 3 atom stereocenters. The number of aliphatic imine (C=N–C) groups is 1. The predicted molar refractivity (Wildman–Crippen MR) is 114 cm³/mol. The summed E-state index contributed by atoms with van der Waals surface area (Å²) in [6.07, 6.45) is 6.34. The SMILES string of the molecule is CN=C(NCC1CCOC1c1ccccc1)N1CCC(OCC2CCCO2)CC1. The lowest BCUT2D eigenvalue weighted by Gasteiger charge is -2.35. The number of nitrogens with zero attached hydrogens (tertiary/aromatic N) is 2. The largest absolute Gasteiger partial charge is 0.376 e. The molecule has 29 heavy (non-hydrogen) atoms. The van der Waals surface area contributed by atoms with Crippen LogP contribution in [0.15, 0.2) is 35.3 Å². The molecule has 160 valence electrons. The maximum absolute atomic E-state index is 6.10. The molecular formula is C23H35N3O3. The fraction of sp³-hybridized carbons (Fsp3) is 0.696. The number of rotatable bonds is 6. The van der Waals surface area contributed by atoms with Crippen molar-refractivity contribution < 1.29 is 14.2 Å². The summed E-state index contributed by atoms with van der Waals surface area (Å²) in [5.74, 6) is 1.47. The van der Waals surface area contributed by atoms with Gasteiger partial charge in [0.25, 0.3) is 0 Å². The van der Waals surface area contributed by atoms with Crippen LogP contribution in [0.25, 0.3) is 0 Å². The average Bonchev–Trinajstić information content (AvgIpc) is 3.46. The highest BCUT2D eigenvalue weighted by atomic mass is 16.5. The Balaban J connectivity index is 1.21. The molecule has 3 heterocycles. The van der Waals surface area contributed by atoms with Crippen LogP contribution >= 0.6 is 0 Å². The van der Waals surface area contributed by atoms with E-state index in [1.54, 1.807) is 0 Å². The van der Waals surface area contributed by atoms with Crippen LogP contribution in [0.1, 0.15) is 43.8 Å². The molecule has 0 aromatic heterocycles. The predicted octanol–water partition coefficient (Wildman–Crippen LogP) is 3.00. The molecule has 4 rings (SSSR count). The van der Waals surface area contributed by atoms with Crippen molar-refractivity contribution in [3.63, 3.8) is 0 Å². The van der Waals surface area contributed by atoms with Crippen LogP contribution < -0.4 is 5.32 Å². The minimum atomic E-state index is 0.179. The molecule has 3 saturated heterocycles. The van der Waals surface area contributed by atoms with E-state index in [1.807, 2.05) is 7.05 Å². The van der Waals surface area contributed by atoms with Crippen LogP contribution in [0.3, 0.4) is 0 Å². The molecule has 1 N–H and O–H groups in total. The summed E-state index contributed by atoms with van der Waals surface area (Å²) < 4.78 is 17.8. The number of piperidine rings is 1. The first-order chi connectivity index (χ1) is 14.3. The van der Waals surface area contributed by atoms with Crippen LogP contribution in [0.5, 0.6) is 0 Å². The minimum absolute atomic E-state index is 0.179. The first kappa shape index (κ1) is 20.6. The van der Waals surface area contributed by atoms with E-state index >= 15 is 0 Å². The summed E-state index contributed by atoms with van der Waals surface area (Å²) in [6, 6.07) is 10.6. The molecule has 0 saturated carbocycles. The number of nitrogens with one attached hydrogen (secondary N) is 1. The van der Waals surface area contributed by atoms with Crippen molar-refractivity contribution >= 4 is 5.96 Å². The number of hydrogen-bond acceptors (Lipinski definition) is 4. The zero-order chi connectivity index (χ0) is 19.9. The molecule has 0 amide bonds. The lowest BCUT2D eigenvalue weighted by molar-refractivity contribution is -0.0367. The van der Waals surface area contributed by atoms with Crippen molar-refractivity contribution in [2.45, 2.75) is 50.4 Å². The van der Waals surface area contributed by atoms with E-state index in [9.17, 15) is 0 Å². The van der Waals surface area contributed by atoms with Gasteiger partial charge in [-0.2, -0.15) is 0 Å². The summed E-state index contributed by atoms with van der Waals surface area (Å²) in [7, 11) is 1.88. The second-order valence-corrected chi connectivity index (χ2v) is 8.33. The van der Waals surface area contributed by atoms with Gasteiger partial charge in [0.15, 0.2) is 5.96 Å². The number of hydrogen-bond donors (Lipinski definition) is 1. The van der Waals surface area contributed by atoms with Gasteiger partial charge in [-0.15, -0.1) is 0 Å². The van der Waals surface area contributed by atoms with Crippen LogP contribution in [-0.2, 0) is 14.2 Å². The van der Waals surface area contributed by atoms with E-state index in [1.165, 1.54) is 12.0 Å². The van der Waals surface area contributed by atoms with E-state index in [-0.39, 0.29) is 6.10 Å². The Labute approximate surface area is 174 Å². The maximum Gasteiger partial charge on any atom is 0.193 e. The van der Waals surface area contributed by atoms with Crippen molar-refractivity contribution in [2.24, 2.45) is 10.9 Å². The Morgan fingerprint density at radius 3 is 2.66 bits per heavy atom. The van der Waals surface area contributed by atoms with Crippen molar-refractivity contribution in [3.8, 4) is 0 Å². The summed E-state index contributed by atoms with van der Waals surface area (Å²) in [4.78, 5) is 6.89. The number of likely N-dealkylation sites (tertiary alicyclic amines) is 1. The average molecular weight is 402 g/mol. The third-order valence-electron chi connectivity index (χ3n) is 6.36. The fourth-order valence-electron chi connectivity index (χ4n) is 4.66. The van der Waals surface area contributed by atoms with Crippen LogP contribution in [0.2, 0.25) is 0 Å². The highest BCUT2D eigenvalue weighted by Gasteiger charge is 2.30. The summed E-state index contributed by atoms with van der Waals surface area (Å²) in [6.45, 7) is 5.34. The lowest BCUT2D eigenvalue weighted by Crippen LogP contribution is -2.48. The van der Waals surface area contributed by atoms with E-state index in [0.717, 1.165) is 71.1 Å². The van der Waals surface area contributed by atoms with Gasteiger partial charge in [0.2, 0.25) is 0 Å². The van der Waals surface area contributed by atoms with Crippen molar-refractivity contribution in [3.05, 3.63) is 35.9 Å². The highest BCUT2D eigenvalue weighted by molar-refractivity contribution is 5.80. The van der Waals surface area contributed by atoms with Gasteiger partial charge in [-0.05, 0) is 37.7 Å². The Morgan fingerprint density at radius 2 is 1.93 bits per heavy atom. The van der Waals surface area contributed by atoms with Gasteiger partial charge in [0, 0.05) is 45.8 Å². The fourth-order valence-corrected chi connectivity index (χ4v) is 4.66. The van der Waals surface area contributed by atoms with Crippen molar-refractivity contribution in [1.29, 1.82) is 0 Å². The number of guanidine groups is 1. The molecule has 3 aliphatic heterocycles. The molecule has 0 aliphatic carbocycles. The van der Waals surface area contributed by atoms with Gasteiger partial charge in [-0.25, -0.2) is 0 Å². The van der Waals surface area contributed by atoms with Gasteiger partial charge >= 0.3 is 0 Å². The molecule has 6 nitrogen and oxygen atoms in total. The van der Waals surface area contributed by atoms with E-state index in [2.05, 4.69) is 45.5 Å². The Hall–Kier alpha value is -1.63. The zero-order valence-corrected chi connectivity index (χ0v) is 17.6. The molecule has 3 aliphatic rings. The smallest absolute Gasteiger partial charge is 0.193 e. The van der Waals surface area contributed by atoms with E-state index in [4.69, 9.17) is 14.2 Å². The molecule has 3 unspecified atom stereocenters. The quantitative estimate of drug-likeness (QED) is 0.587. The summed E-state index contributed by atoms with van der Waals surface area (Å²) in [5, 5.41) is 3.61. The van der Waals surface area contributed by atoms with E-state index < -0.39 is 0 Å². The molecule has 0 spiro atoms. The number of ether oxygens (including phenoxy) is 3. The third-order valence-corrected chi connectivity index (χ3v) is 6.36. The lowest BCUT2D eigenvalue weighted by atomic mass is 9.95. The second kappa shape index (κ2) is 10.4. The molecule has 1 aromatic carbocycles. The first-order valence-corrected chi connectivity index (χ1v) is 11.2. The second-order valence-electron chi connectivity index (χ2n) is 8.33. The van der Waals surface area contributed by atoms with Crippen LogP contribution in [0, 0.1) is 5.92 Å². The van der Waals surface area contributed by atoms with Gasteiger partial charge in [-0.1, -0.05) is 30.3 Å². The normalized spacial score (nSPS) is 28.8. The van der Waals surface area contributed by atoms with Gasteiger partial charge in [0.05, 0.1) is 24.9 Å². The van der Waals surface area contributed by atoms with Crippen LogP contribution in [0.4, 0.5) is 0 Å². The Morgan fingerprint density at radius 1 is 1.10 bits per heavy atom. The summed E-state index contributed by atoms with van der Waals surface area (Å²) >= 11 is 0. The molecule has 6 heteroatoms. The maximum atomic E-state index is 6.10. The topological polar surface area (TPSA) is 55.3 Å². The molecule has 3 fully saturated rings. The third kappa shape index (κ3) is 5.50. The van der Waals surface area contributed by atoms with E-state index in [0.29, 0.717) is 18.1 Å². The molecule has 0 radical (unpaired) electrons. The van der Waals surface area contributed by atoms with Gasteiger partial charge < -0.3 is 24.4 Å². The minimum Gasteiger partial charge on any atom is -0.376 e. The monoisotopic (exact) mass is 401 g/mol. The van der Waals surface area contributed by atoms with Crippen LogP contribution in [-0.4, -0.2) is 69.6 Å². The molecule has 1 aromatic rings. The highest BCUT2D eigenvalue weighted by Crippen LogP contribution is 2.34. The van der Waals surface area contributed by atoms with Gasteiger partial charge in [0.1, 0.15) is 0 Å². The Bertz CT molecular complexity index is 640. The zero-order valence-electron chi connectivity index (χ0n) is 17.6. The summed E-state index contributed by atoms with van der Waals surface area (Å²) in [5.41, 5.74) is 1.27.